The zero-order valence-electron chi connectivity index (χ0n) is 32.0. The summed E-state index contributed by atoms with van der Waals surface area (Å²) in [5.41, 5.74) is 21.6. The van der Waals surface area contributed by atoms with Gasteiger partial charge in [-0.1, -0.05) is 54.4 Å². The van der Waals surface area contributed by atoms with Gasteiger partial charge in [0, 0.05) is 13.3 Å². The van der Waals surface area contributed by atoms with Gasteiger partial charge in [-0.2, -0.15) is 0 Å². The Hall–Kier alpha value is -4.81. The number of hydrogen-bond acceptors (Lipinski definition) is 10. The van der Waals surface area contributed by atoms with E-state index in [0.29, 0.717) is 32.2 Å². The van der Waals surface area contributed by atoms with Gasteiger partial charge in [0.15, 0.2) is 0 Å². The summed E-state index contributed by atoms with van der Waals surface area (Å²) in [7, 11) is 0. The Labute approximate surface area is 311 Å². The van der Waals surface area contributed by atoms with Gasteiger partial charge < -0.3 is 54.8 Å². The second-order valence-electron chi connectivity index (χ2n) is 13.7. The maximum atomic E-state index is 13.9. The largest absolute Gasteiger partial charge is 0.370 e. The molecule has 302 valence electrons. The zero-order chi connectivity index (χ0) is 41.0. The highest BCUT2D eigenvalue weighted by atomic mass is 16.2. The molecule has 0 aromatic carbocycles. The molecule has 0 aromatic rings. The van der Waals surface area contributed by atoms with Crippen LogP contribution >= 0.6 is 0 Å². The number of carbonyl (C=O) groups excluding carboxylic acids is 9. The van der Waals surface area contributed by atoms with Crippen molar-refractivity contribution in [3.63, 3.8) is 0 Å². The Morgan fingerprint density at radius 3 is 1.42 bits per heavy atom. The van der Waals surface area contributed by atoms with Crippen molar-refractivity contribution >= 4 is 53.2 Å². The molecule has 0 radical (unpaired) electrons. The van der Waals surface area contributed by atoms with Crippen molar-refractivity contribution in [2.75, 3.05) is 6.54 Å². The number of nitrogens with one attached hydrogen (secondary N) is 6. The fraction of sp³-hybridized carbons (Fsp3) is 0.735. The van der Waals surface area contributed by atoms with Crippen LogP contribution in [-0.4, -0.2) is 96.0 Å². The van der Waals surface area contributed by atoms with Crippen molar-refractivity contribution in [1.29, 1.82) is 0 Å². The van der Waals surface area contributed by atoms with Gasteiger partial charge in [-0.25, -0.2) is 0 Å². The average molecular weight is 755 g/mol. The molecule has 19 heteroatoms. The van der Waals surface area contributed by atoms with E-state index in [0.717, 1.165) is 0 Å². The summed E-state index contributed by atoms with van der Waals surface area (Å²) in [5.74, 6) is -8.37. The lowest BCUT2D eigenvalue weighted by molar-refractivity contribution is -0.137. The van der Waals surface area contributed by atoms with Crippen molar-refractivity contribution in [3.05, 3.63) is 0 Å². The SMILES string of the molecule is CC[C@@H](C)[C@H](NC(=O)[C@@H](NC(=O)[C@H](CCC(N)=O)NC(=O)[C@@H](NC(C)=O)C(C)C)[C@@H](C)CC)C(=O)N[C@@H](CC(N)=O)C(=O)N[C@@H](CCCCN)C(N)=O. The second kappa shape index (κ2) is 24.4. The monoisotopic (exact) mass is 754 g/mol. The van der Waals surface area contributed by atoms with E-state index in [1.54, 1.807) is 41.5 Å². The zero-order valence-corrected chi connectivity index (χ0v) is 32.0. The summed E-state index contributed by atoms with van der Waals surface area (Å²) >= 11 is 0. The predicted octanol–water partition coefficient (Wildman–Crippen LogP) is -2.58. The molecule has 0 aliphatic heterocycles. The molecule has 19 nitrogen and oxygen atoms in total. The first-order valence-corrected chi connectivity index (χ1v) is 18.0. The Morgan fingerprint density at radius 2 is 0.981 bits per heavy atom. The van der Waals surface area contributed by atoms with E-state index in [1.807, 2.05) is 0 Å². The summed E-state index contributed by atoms with van der Waals surface area (Å²) in [6, 6.07) is -7.48. The third-order valence-corrected chi connectivity index (χ3v) is 8.85. The number of amides is 9. The van der Waals surface area contributed by atoms with Crippen LogP contribution in [0.15, 0.2) is 0 Å². The van der Waals surface area contributed by atoms with Crippen LogP contribution in [-0.2, 0) is 43.2 Å². The van der Waals surface area contributed by atoms with Gasteiger partial charge in [-0.15, -0.1) is 0 Å². The smallest absolute Gasteiger partial charge is 0.243 e. The van der Waals surface area contributed by atoms with Crippen LogP contribution in [0.1, 0.15) is 99.8 Å². The number of hydrogen-bond donors (Lipinski definition) is 10. The molecule has 0 spiro atoms. The highest BCUT2D eigenvalue weighted by Gasteiger charge is 2.36. The van der Waals surface area contributed by atoms with Crippen molar-refractivity contribution in [2.45, 2.75) is 136 Å². The molecule has 0 fully saturated rings. The van der Waals surface area contributed by atoms with Crippen molar-refractivity contribution in [3.8, 4) is 0 Å². The maximum absolute atomic E-state index is 13.9. The summed E-state index contributed by atoms with van der Waals surface area (Å²) in [6.45, 7) is 11.9. The summed E-state index contributed by atoms with van der Waals surface area (Å²) in [6.07, 6.45) is 0.856. The average Bonchev–Trinajstić information content (AvgIpc) is 3.07. The highest BCUT2D eigenvalue weighted by molar-refractivity contribution is 5.98. The molecule has 0 aromatic heterocycles. The summed E-state index contributed by atoms with van der Waals surface area (Å²) < 4.78 is 0. The van der Waals surface area contributed by atoms with Gasteiger partial charge in [-0.05, 0) is 50.0 Å². The minimum Gasteiger partial charge on any atom is -0.370 e. The summed E-state index contributed by atoms with van der Waals surface area (Å²) in [5, 5.41) is 15.3. The first-order valence-electron chi connectivity index (χ1n) is 18.0. The molecule has 14 N–H and O–H groups in total. The van der Waals surface area contributed by atoms with Gasteiger partial charge in [0.2, 0.25) is 53.2 Å². The van der Waals surface area contributed by atoms with E-state index in [4.69, 9.17) is 22.9 Å². The first kappa shape index (κ1) is 48.2. The van der Waals surface area contributed by atoms with Gasteiger partial charge in [0.05, 0.1) is 6.42 Å². The normalized spacial score (nSPS) is 15.6. The Morgan fingerprint density at radius 1 is 0.528 bits per heavy atom. The lowest BCUT2D eigenvalue weighted by atomic mass is 9.94. The van der Waals surface area contributed by atoms with E-state index in [2.05, 4.69) is 31.9 Å². The van der Waals surface area contributed by atoms with Gasteiger partial charge in [0.1, 0.15) is 36.3 Å². The van der Waals surface area contributed by atoms with Crippen LogP contribution in [0.5, 0.6) is 0 Å². The molecule has 0 aliphatic carbocycles. The fourth-order valence-corrected chi connectivity index (χ4v) is 5.19. The standard InChI is InChI=1S/C34H62N10O9/c1-8-18(5)27(33(52)42-23(16-25(37)47)31(50)40-21(29(38)48)12-10-11-15-35)44-34(53)28(19(6)9-2)43-30(49)22(13-14-24(36)46)41-32(51)26(17(3)4)39-20(7)45/h17-19,21-23,26-28H,8-16,35H2,1-7H3,(H2,36,46)(H2,37,47)(H2,38,48)(H,39,45)(H,40,50)(H,41,51)(H,42,52)(H,43,49)(H,44,53)/t18-,19+,21+,22+,23+,26+,27+,28+/m1/s1. The molecule has 0 bridgehead atoms. The molecule has 0 rings (SSSR count). The van der Waals surface area contributed by atoms with Crippen LogP contribution < -0.4 is 54.8 Å². The summed E-state index contributed by atoms with van der Waals surface area (Å²) in [4.78, 5) is 115. The molecule has 8 atom stereocenters. The molecule has 0 heterocycles. The predicted molar refractivity (Wildman–Crippen MR) is 195 cm³/mol. The number of primary amides is 3. The van der Waals surface area contributed by atoms with Crippen molar-refractivity contribution < 1.29 is 43.2 Å². The van der Waals surface area contributed by atoms with E-state index < -0.39 is 108 Å². The fourth-order valence-electron chi connectivity index (χ4n) is 5.19. The molecule has 0 aliphatic rings. The lowest BCUT2D eigenvalue weighted by Gasteiger charge is -2.31. The van der Waals surface area contributed by atoms with E-state index in [-0.39, 0.29) is 25.2 Å². The Bertz CT molecular complexity index is 1300. The quantitative estimate of drug-likeness (QED) is 0.0411. The minimum atomic E-state index is -1.52. The molecule has 0 unspecified atom stereocenters. The molecular weight excluding hydrogens is 692 g/mol. The van der Waals surface area contributed by atoms with Gasteiger partial charge in [0.25, 0.3) is 0 Å². The molecule has 0 saturated carbocycles. The topological polar surface area (TPSA) is 330 Å². The first-order chi connectivity index (χ1) is 24.7. The third-order valence-electron chi connectivity index (χ3n) is 8.85. The van der Waals surface area contributed by atoms with Crippen molar-refractivity contribution in [2.24, 2.45) is 40.7 Å². The molecular formula is C34H62N10O9. The van der Waals surface area contributed by atoms with E-state index in [1.165, 1.54) is 6.92 Å². The number of rotatable bonds is 26. The van der Waals surface area contributed by atoms with Crippen LogP contribution in [0, 0.1) is 17.8 Å². The van der Waals surface area contributed by atoms with Crippen LogP contribution in [0.2, 0.25) is 0 Å². The molecule has 53 heavy (non-hydrogen) atoms. The number of carbonyl (C=O) groups is 9. The molecule has 0 saturated heterocycles. The second-order valence-corrected chi connectivity index (χ2v) is 13.7. The number of unbranched alkanes of at least 4 members (excludes halogenated alkanes) is 1. The van der Waals surface area contributed by atoms with Crippen LogP contribution in [0.4, 0.5) is 0 Å². The maximum Gasteiger partial charge on any atom is 0.243 e. The van der Waals surface area contributed by atoms with Crippen LogP contribution in [0.25, 0.3) is 0 Å². The van der Waals surface area contributed by atoms with E-state index in [9.17, 15) is 43.2 Å². The Balaban J connectivity index is 6.34. The Kier molecular flexibility index (Phi) is 22.2. The molecule has 9 amide bonds. The third kappa shape index (κ3) is 18.0. The highest BCUT2D eigenvalue weighted by Crippen LogP contribution is 2.14. The van der Waals surface area contributed by atoms with Gasteiger partial charge in [-0.3, -0.25) is 43.2 Å². The number of nitrogens with two attached hydrogens (primary N) is 4. The van der Waals surface area contributed by atoms with Gasteiger partial charge >= 0.3 is 0 Å². The van der Waals surface area contributed by atoms with Crippen LogP contribution in [0.3, 0.4) is 0 Å². The van der Waals surface area contributed by atoms with Crippen molar-refractivity contribution in [1.82, 2.24) is 31.9 Å². The minimum absolute atomic E-state index is 0.171. The lowest BCUT2D eigenvalue weighted by Crippen LogP contribution is -2.62. The van der Waals surface area contributed by atoms with E-state index >= 15 is 0 Å².